The van der Waals surface area contributed by atoms with Gasteiger partial charge in [0, 0.05) is 11.0 Å². The van der Waals surface area contributed by atoms with E-state index in [1.54, 1.807) is 6.07 Å². The quantitative estimate of drug-likeness (QED) is 0.823. The summed E-state index contributed by atoms with van der Waals surface area (Å²) in [5.74, 6) is 0.846. The van der Waals surface area contributed by atoms with Crippen molar-refractivity contribution < 1.29 is 14.3 Å². The lowest BCUT2D eigenvalue weighted by Crippen LogP contribution is -2.28. The maximum atomic E-state index is 9.04. The molecule has 0 amide bonds. The van der Waals surface area contributed by atoms with Crippen molar-refractivity contribution in [2.75, 3.05) is 0 Å². The van der Waals surface area contributed by atoms with Gasteiger partial charge in [0.1, 0.15) is 5.75 Å². The second-order valence-electron chi connectivity index (χ2n) is 4.66. The second kappa shape index (κ2) is 5.23. The van der Waals surface area contributed by atoms with Crippen LogP contribution in [0.5, 0.6) is 5.75 Å². The molecule has 1 aromatic rings. The Morgan fingerprint density at radius 3 is 2.61 bits per heavy atom. The summed E-state index contributed by atoms with van der Waals surface area (Å²) in [6.07, 6.45) is 8.30. The predicted octanol–water partition coefficient (Wildman–Crippen LogP) is 3.30. The molecule has 2 unspecified atom stereocenters. The molecule has 3 nitrogen and oxygen atoms in total. The third kappa shape index (κ3) is 2.49. The zero-order chi connectivity index (χ0) is 13.2. The molecule has 0 aliphatic heterocycles. The molecule has 0 bridgehead atoms. The first-order chi connectivity index (χ1) is 8.54. The van der Waals surface area contributed by atoms with Gasteiger partial charge >= 0.3 is 8.60 Å². The average molecular weight is 264 g/mol. The number of para-hydroxylation sites is 1. The summed E-state index contributed by atoms with van der Waals surface area (Å²) in [4.78, 5) is 18.1. The minimum Gasteiger partial charge on any atom is -0.427 e. The molecule has 0 aromatic heterocycles. The summed E-state index contributed by atoms with van der Waals surface area (Å²) in [5.41, 5.74) is 0.769. The van der Waals surface area contributed by atoms with Gasteiger partial charge in [-0.05, 0) is 12.0 Å². The monoisotopic (exact) mass is 264 g/mol. The molecule has 2 rings (SSSR count). The fourth-order valence-electron chi connectivity index (χ4n) is 2.25. The van der Waals surface area contributed by atoms with Crippen molar-refractivity contribution >= 4 is 8.60 Å². The summed E-state index contributed by atoms with van der Waals surface area (Å²) < 4.78 is 5.13. The number of rotatable bonds is 3. The minimum absolute atomic E-state index is 0.198. The van der Waals surface area contributed by atoms with Crippen molar-refractivity contribution in [3.63, 3.8) is 0 Å². The molecule has 18 heavy (non-hydrogen) atoms. The molecular weight excluding hydrogens is 247 g/mol. The van der Waals surface area contributed by atoms with E-state index in [9.17, 15) is 0 Å². The lowest BCUT2D eigenvalue weighted by molar-refractivity contribution is 0.365. The van der Waals surface area contributed by atoms with Gasteiger partial charge in [0.05, 0.1) is 0 Å². The molecule has 0 fully saturated rings. The lowest BCUT2D eigenvalue weighted by Gasteiger charge is -2.34. The molecule has 1 aliphatic carbocycles. The fraction of sp³-hybridized carbons (Fsp3) is 0.286. The van der Waals surface area contributed by atoms with Crippen LogP contribution in [0.2, 0.25) is 0 Å². The number of hydrogen-bond donors (Lipinski definition) is 2. The van der Waals surface area contributed by atoms with Crippen molar-refractivity contribution in [2.45, 2.75) is 19.3 Å². The van der Waals surface area contributed by atoms with Crippen LogP contribution >= 0.6 is 8.60 Å². The first kappa shape index (κ1) is 13.3. The van der Waals surface area contributed by atoms with Crippen molar-refractivity contribution in [2.24, 2.45) is 5.92 Å². The Kier molecular flexibility index (Phi) is 3.86. The Morgan fingerprint density at radius 1 is 1.22 bits per heavy atom. The average Bonchev–Trinajstić information content (AvgIpc) is 2.33. The highest BCUT2D eigenvalue weighted by molar-refractivity contribution is 7.39. The van der Waals surface area contributed by atoms with E-state index in [0.717, 1.165) is 5.56 Å². The highest BCUT2D eigenvalue weighted by Crippen LogP contribution is 2.43. The van der Waals surface area contributed by atoms with Crippen LogP contribution in [0.25, 0.3) is 0 Å². The van der Waals surface area contributed by atoms with Crippen LogP contribution in [0.4, 0.5) is 0 Å². The second-order valence-corrected chi connectivity index (χ2v) is 5.34. The molecule has 0 radical (unpaired) electrons. The first-order valence-electron chi connectivity index (χ1n) is 5.85. The van der Waals surface area contributed by atoms with E-state index < -0.39 is 8.60 Å². The molecule has 0 heterocycles. The molecule has 0 spiro atoms. The Morgan fingerprint density at radius 2 is 1.94 bits per heavy atom. The highest BCUT2D eigenvalue weighted by atomic mass is 31.2. The number of hydrogen-bond acceptors (Lipinski definition) is 3. The van der Waals surface area contributed by atoms with E-state index in [1.807, 2.05) is 30.4 Å². The van der Waals surface area contributed by atoms with Crippen LogP contribution in [0.1, 0.15) is 19.4 Å². The summed E-state index contributed by atoms with van der Waals surface area (Å²) in [7, 11) is -2.39. The van der Waals surface area contributed by atoms with Gasteiger partial charge in [-0.2, -0.15) is 0 Å². The zero-order valence-electron chi connectivity index (χ0n) is 10.4. The van der Waals surface area contributed by atoms with Gasteiger partial charge in [0.15, 0.2) is 0 Å². The van der Waals surface area contributed by atoms with Gasteiger partial charge in [-0.25, -0.2) is 0 Å². The van der Waals surface area contributed by atoms with E-state index in [2.05, 4.69) is 26.0 Å². The molecule has 1 aliphatic rings. The van der Waals surface area contributed by atoms with Crippen LogP contribution in [0, 0.1) is 5.92 Å². The third-order valence-electron chi connectivity index (χ3n) is 3.55. The number of benzene rings is 1. The minimum atomic E-state index is -2.39. The zero-order valence-corrected chi connectivity index (χ0v) is 11.3. The van der Waals surface area contributed by atoms with Crippen LogP contribution < -0.4 is 4.52 Å². The molecular formula is C14H17O3P. The van der Waals surface area contributed by atoms with E-state index in [4.69, 9.17) is 14.3 Å². The number of allylic oxidation sites excluding steroid dienone is 4. The van der Waals surface area contributed by atoms with Crippen molar-refractivity contribution in [3.05, 3.63) is 54.1 Å². The van der Waals surface area contributed by atoms with Crippen molar-refractivity contribution in [1.82, 2.24) is 0 Å². The van der Waals surface area contributed by atoms with Gasteiger partial charge in [-0.15, -0.1) is 0 Å². The smallest absolute Gasteiger partial charge is 0.391 e. The normalized spacial score (nSPS) is 26.6. The largest absolute Gasteiger partial charge is 0.427 e. The van der Waals surface area contributed by atoms with Crippen LogP contribution in [-0.2, 0) is 5.41 Å². The SMILES string of the molecule is CC1C=CC=CC1(C)c1ccccc1OP(O)O. The molecule has 1 aromatic carbocycles. The van der Waals surface area contributed by atoms with Gasteiger partial charge in [-0.3, -0.25) is 0 Å². The third-order valence-corrected chi connectivity index (χ3v) is 3.91. The molecule has 2 atom stereocenters. The summed E-state index contributed by atoms with van der Waals surface area (Å²) >= 11 is 0. The molecule has 0 saturated heterocycles. The Labute approximate surface area is 108 Å². The van der Waals surface area contributed by atoms with Gasteiger partial charge in [-0.1, -0.05) is 56.4 Å². The Balaban J connectivity index is 2.44. The molecule has 4 heteroatoms. The van der Waals surface area contributed by atoms with Gasteiger partial charge in [0.25, 0.3) is 0 Å². The van der Waals surface area contributed by atoms with Gasteiger partial charge in [0.2, 0.25) is 0 Å². The van der Waals surface area contributed by atoms with Crippen molar-refractivity contribution in [1.29, 1.82) is 0 Å². The van der Waals surface area contributed by atoms with E-state index in [1.165, 1.54) is 0 Å². The summed E-state index contributed by atoms with van der Waals surface area (Å²) in [6, 6.07) is 7.49. The fourth-order valence-corrected chi connectivity index (χ4v) is 2.59. The standard InChI is InChI=1S/C14H17O3P/c1-11-7-5-6-10-14(11,2)12-8-3-4-9-13(12)17-18(15)16/h3-11,15-16H,1-2H3. The summed E-state index contributed by atoms with van der Waals surface area (Å²) in [6.45, 7) is 4.26. The maximum absolute atomic E-state index is 9.04. The first-order valence-corrected chi connectivity index (χ1v) is 7.02. The van der Waals surface area contributed by atoms with E-state index >= 15 is 0 Å². The van der Waals surface area contributed by atoms with E-state index in [0.29, 0.717) is 11.7 Å². The van der Waals surface area contributed by atoms with Gasteiger partial charge < -0.3 is 14.3 Å². The van der Waals surface area contributed by atoms with Crippen LogP contribution in [0.3, 0.4) is 0 Å². The predicted molar refractivity (Wildman–Crippen MR) is 73.2 cm³/mol. The Hall–Kier alpha value is -1.15. The lowest BCUT2D eigenvalue weighted by atomic mass is 9.70. The van der Waals surface area contributed by atoms with Crippen LogP contribution in [-0.4, -0.2) is 9.79 Å². The molecule has 96 valence electrons. The Bertz CT molecular complexity index is 482. The summed E-state index contributed by atoms with van der Waals surface area (Å²) in [5, 5.41) is 0. The topological polar surface area (TPSA) is 49.7 Å². The molecule has 2 N–H and O–H groups in total. The van der Waals surface area contributed by atoms with E-state index in [-0.39, 0.29) is 5.41 Å². The highest BCUT2D eigenvalue weighted by Gasteiger charge is 2.33. The molecule has 0 saturated carbocycles. The van der Waals surface area contributed by atoms with Crippen LogP contribution in [0.15, 0.2) is 48.6 Å². The maximum Gasteiger partial charge on any atom is 0.391 e. The van der Waals surface area contributed by atoms with Crippen molar-refractivity contribution in [3.8, 4) is 5.75 Å².